The van der Waals surface area contributed by atoms with Gasteiger partial charge in [-0.25, -0.2) is 0 Å². The summed E-state index contributed by atoms with van der Waals surface area (Å²) in [5.74, 6) is 7.37. The molecule has 3 aliphatic rings. The van der Waals surface area contributed by atoms with Gasteiger partial charge in [0.05, 0.1) is 0 Å². The van der Waals surface area contributed by atoms with Crippen molar-refractivity contribution in [3.8, 4) is 0 Å². The molecule has 0 radical (unpaired) electrons. The quantitative estimate of drug-likeness (QED) is 0.629. The zero-order chi connectivity index (χ0) is 13.6. The lowest BCUT2D eigenvalue weighted by Crippen LogP contribution is -2.16. The summed E-state index contributed by atoms with van der Waals surface area (Å²) in [4.78, 5) is 0. The molecule has 6 unspecified atom stereocenters. The van der Waals surface area contributed by atoms with E-state index in [1.807, 2.05) is 0 Å². The summed E-state index contributed by atoms with van der Waals surface area (Å²) in [5, 5.41) is 0. The van der Waals surface area contributed by atoms with Crippen LogP contribution in [0.5, 0.6) is 0 Å². The molecule has 2 fully saturated rings. The molecular formula is C19H30. The molecule has 2 saturated carbocycles. The fraction of sp³-hybridized carbons (Fsp3) is 0.789. The Kier molecular flexibility index (Phi) is 3.62. The Labute approximate surface area is 119 Å². The fourth-order valence-electron chi connectivity index (χ4n) is 5.29. The van der Waals surface area contributed by atoms with E-state index in [0.29, 0.717) is 0 Å². The minimum atomic E-state index is 0.858. The molecule has 3 aliphatic carbocycles. The Hall–Kier alpha value is -0.520. The monoisotopic (exact) mass is 258 g/mol. The number of hydrogen-bond acceptors (Lipinski definition) is 0. The summed E-state index contributed by atoms with van der Waals surface area (Å²) in [5.41, 5.74) is 0. The van der Waals surface area contributed by atoms with Crippen LogP contribution in [-0.4, -0.2) is 0 Å². The minimum absolute atomic E-state index is 0.858. The maximum Gasteiger partial charge on any atom is -0.0165 e. The van der Waals surface area contributed by atoms with Crippen LogP contribution in [0.25, 0.3) is 0 Å². The van der Waals surface area contributed by atoms with Gasteiger partial charge < -0.3 is 0 Å². The molecule has 0 amide bonds. The molecule has 0 nitrogen and oxygen atoms in total. The SMILES string of the molecule is CC1C(C)C(C)C(CC2CC3C=CC=CC3C2)C1C. The molecule has 0 aromatic rings. The maximum atomic E-state index is 2.51. The van der Waals surface area contributed by atoms with Gasteiger partial charge in [0.1, 0.15) is 0 Å². The highest BCUT2D eigenvalue weighted by Gasteiger charge is 2.43. The number of allylic oxidation sites excluding steroid dienone is 4. The van der Waals surface area contributed by atoms with E-state index in [-0.39, 0.29) is 0 Å². The summed E-state index contributed by atoms with van der Waals surface area (Å²) in [6.45, 7) is 9.98. The highest BCUT2D eigenvalue weighted by atomic mass is 14.5. The van der Waals surface area contributed by atoms with E-state index in [1.54, 1.807) is 0 Å². The highest BCUT2D eigenvalue weighted by Crippen LogP contribution is 2.51. The van der Waals surface area contributed by atoms with Crippen LogP contribution in [0.1, 0.15) is 47.0 Å². The van der Waals surface area contributed by atoms with Crippen LogP contribution < -0.4 is 0 Å². The predicted molar refractivity (Wildman–Crippen MR) is 82.7 cm³/mol. The van der Waals surface area contributed by atoms with Crippen LogP contribution >= 0.6 is 0 Å². The van der Waals surface area contributed by atoms with Crippen molar-refractivity contribution in [1.82, 2.24) is 0 Å². The Balaban J connectivity index is 1.63. The van der Waals surface area contributed by atoms with Crippen molar-refractivity contribution < 1.29 is 0 Å². The molecule has 0 aliphatic heterocycles. The van der Waals surface area contributed by atoms with Gasteiger partial charge in [-0.05, 0) is 66.6 Å². The summed E-state index contributed by atoms with van der Waals surface area (Å²) < 4.78 is 0. The first-order valence-corrected chi connectivity index (χ1v) is 8.43. The summed E-state index contributed by atoms with van der Waals surface area (Å²) in [6.07, 6.45) is 13.8. The summed E-state index contributed by atoms with van der Waals surface area (Å²) in [7, 11) is 0. The minimum Gasteiger partial charge on any atom is -0.0808 e. The third-order valence-electron chi connectivity index (χ3n) is 7.03. The van der Waals surface area contributed by atoms with Crippen molar-refractivity contribution in [3.63, 3.8) is 0 Å². The highest BCUT2D eigenvalue weighted by molar-refractivity contribution is 5.16. The molecule has 19 heavy (non-hydrogen) atoms. The van der Waals surface area contributed by atoms with E-state index < -0.39 is 0 Å². The third-order valence-corrected chi connectivity index (χ3v) is 7.03. The summed E-state index contributed by atoms with van der Waals surface area (Å²) >= 11 is 0. The van der Waals surface area contributed by atoms with E-state index in [4.69, 9.17) is 0 Å². The third kappa shape index (κ3) is 2.32. The van der Waals surface area contributed by atoms with Crippen LogP contribution in [0, 0.1) is 47.3 Å². The van der Waals surface area contributed by atoms with Crippen LogP contribution in [0.4, 0.5) is 0 Å². The lowest BCUT2D eigenvalue weighted by atomic mass is 9.81. The van der Waals surface area contributed by atoms with Gasteiger partial charge >= 0.3 is 0 Å². The molecule has 0 bridgehead atoms. The van der Waals surface area contributed by atoms with Gasteiger partial charge in [0.2, 0.25) is 0 Å². The Morgan fingerprint density at radius 2 is 1.21 bits per heavy atom. The molecule has 0 saturated heterocycles. The lowest BCUT2D eigenvalue weighted by molar-refractivity contribution is 0.251. The van der Waals surface area contributed by atoms with Gasteiger partial charge in [0.25, 0.3) is 0 Å². The molecule has 6 atom stereocenters. The molecule has 0 N–H and O–H groups in total. The standard InChI is InChI=1S/C19H30/c1-12-13(2)15(4)19(14(12)3)11-16-9-17-7-5-6-8-18(17)10-16/h5-8,12-19H,9-11H2,1-4H3. The first kappa shape index (κ1) is 13.5. The van der Waals surface area contributed by atoms with Crippen LogP contribution in [0.2, 0.25) is 0 Å². The van der Waals surface area contributed by atoms with Crippen LogP contribution in [0.3, 0.4) is 0 Å². The second-order valence-corrected chi connectivity index (χ2v) is 7.77. The Morgan fingerprint density at radius 1 is 0.737 bits per heavy atom. The molecular weight excluding hydrogens is 228 g/mol. The fourth-order valence-corrected chi connectivity index (χ4v) is 5.29. The van der Waals surface area contributed by atoms with E-state index in [9.17, 15) is 0 Å². The normalized spacial score (nSPS) is 52.6. The number of hydrogen-bond donors (Lipinski definition) is 0. The average molecular weight is 258 g/mol. The van der Waals surface area contributed by atoms with Crippen molar-refractivity contribution in [2.75, 3.05) is 0 Å². The second-order valence-electron chi connectivity index (χ2n) is 7.77. The van der Waals surface area contributed by atoms with Gasteiger partial charge in [-0.15, -0.1) is 0 Å². The first-order valence-electron chi connectivity index (χ1n) is 8.43. The zero-order valence-electron chi connectivity index (χ0n) is 13.0. The molecule has 0 heteroatoms. The Bertz CT molecular complexity index is 343. The van der Waals surface area contributed by atoms with Gasteiger partial charge in [-0.3, -0.25) is 0 Å². The number of fused-ring (bicyclic) bond motifs is 1. The molecule has 0 aromatic heterocycles. The largest absolute Gasteiger partial charge is 0.0808 e. The van der Waals surface area contributed by atoms with E-state index >= 15 is 0 Å². The van der Waals surface area contributed by atoms with Gasteiger partial charge in [-0.1, -0.05) is 52.0 Å². The van der Waals surface area contributed by atoms with Crippen molar-refractivity contribution in [2.24, 2.45) is 47.3 Å². The smallest absolute Gasteiger partial charge is 0.0165 e. The van der Waals surface area contributed by atoms with Crippen molar-refractivity contribution in [3.05, 3.63) is 24.3 Å². The molecule has 0 aromatic carbocycles. The number of rotatable bonds is 2. The van der Waals surface area contributed by atoms with E-state index in [2.05, 4.69) is 52.0 Å². The second kappa shape index (κ2) is 5.11. The van der Waals surface area contributed by atoms with Gasteiger partial charge in [0.15, 0.2) is 0 Å². The van der Waals surface area contributed by atoms with Crippen molar-refractivity contribution in [2.45, 2.75) is 47.0 Å². The molecule has 0 heterocycles. The summed E-state index contributed by atoms with van der Waals surface area (Å²) in [6, 6.07) is 0. The zero-order valence-corrected chi connectivity index (χ0v) is 13.0. The lowest BCUT2D eigenvalue weighted by Gasteiger charge is -2.24. The van der Waals surface area contributed by atoms with Crippen molar-refractivity contribution >= 4 is 0 Å². The maximum absolute atomic E-state index is 2.51. The Morgan fingerprint density at radius 3 is 1.68 bits per heavy atom. The molecule has 0 spiro atoms. The first-order chi connectivity index (χ1) is 9.08. The average Bonchev–Trinajstić information content (AvgIpc) is 2.90. The predicted octanol–water partition coefficient (Wildman–Crippen LogP) is 5.32. The van der Waals surface area contributed by atoms with Crippen LogP contribution in [-0.2, 0) is 0 Å². The van der Waals surface area contributed by atoms with E-state index in [0.717, 1.165) is 47.3 Å². The van der Waals surface area contributed by atoms with Gasteiger partial charge in [-0.2, -0.15) is 0 Å². The van der Waals surface area contributed by atoms with Crippen molar-refractivity contribution in [1.29, 1.82) is 0 Å². The molecule has 3 rings (SSSR count). The topological polar surface area (TPSA) is 0 Å². The van der Waals surface area contributed by atoms with E-state index in [1.165, 1.54) is 19.3 Å². The molecule has 106 valence electrons. The van der Waals surface area contributed by atoms with Crippen LogP contribution in [0.15, 0.2) is 24.3 Å². The van der Waals surface area contributed by atoms with Gasteiger partial charge in [0, 0.05) is 0 Å².